The molecule has 0 aromatic carbocycles. The second kappa shape index (κ2) is 4.88. The third-order valence-corrected chi connectivity index (χ3v) is 4.96. The molecular weight excluding hydrogens is 232 g/mol. The van der Waals surface area contributed by atoms with Crippen LogP contribution >= 0.6 is 0 Å². The van der Waals surface area contributed by atoms with Gasteiger partial charge < -0.3 is 16.2 Å². The van der Waals surface area contributed by atoms with E-state index in [1.54, 1.807) is 0 Å². The topological polar surface area (TPSA) is 92.4 Å². The molecule has 1 amide bonds. The van der Waals surface area contributed by atoms with Gasteiger partial charge in [-0.05, 0) is 38.8 Å². The number of hydrogen-bond donors (Lipinski definition) is 3. The summed E-state index contributed by atoms with van der Waals surface area (Å²) in [6.07, 6.45) is 5.10. The maximum Gasteiger partial charge on any atom is 0.310 e. The van der Waals surface area contributed by atoms with Gasteiger partial charge in [0.2, 0.25) is 5.91 Å². The molecule has 1 saturated heterocycles. The molecule has 0 aromatic heterocycles. The zero-order valence-electron chi connectivity index (χ0n) is 10.7. The number of carbonyl (C=O) groups excluding carboxylic acids is 1. The number of hydrogen-bond acceptors (Lipinski definition) is 3. The standard InChI is InChI=1S/C13H22N2O3/c14-10(16)12(6-8-15-9-7-12)13(11(17)18)4-2-1-3-5-13/h15H,1-9H2,(H2,14,16)(H,17,18). The molecular formula is C13H22N2O3. The lowest BCUT2D eigenvalue weighted by Gasteiger charge is -2.50. The van der Waals surface area contributed by atoms with Crippen LogP contribution in [0, 0.1) is 10.8 Å². The van der Waals surface area contributed by atoms with Crippen molar-refractivity contribution in [2.24, 2.45) is 16.6 Å². The van der Waals surface area contributed by atoms with Gasteiger partial charge in [0, 0.05) is 0 Å². The van der Waals surface area contributed by atoms with Gasteiger partial charge in [-0.15, -0.1) is 0 Å². The second-order valence-electron chi connectivity index (χ2n) is 5.64. The van der Waals surface area contributed by atoms with Gasteiger partial charge >= 0.3 is 5.97 Å². The van der Waals surface area contributed by atoms with E-state index in [9.17, 15) is 14.7 Å². The zero-order valence-corrected chi connectivity index (χ0v) is 10.7. The molecule has 2 rings (SSSR count). The number of carbonyl (C=O) groups is 2. The number of amides is 1. The van der Waals surface area contributed by atoms with Crippen molar-refractivity contribution in [1.82, 2.24) is 5.32 Å². The Bertz CT molecular complexity index is 308. The number of carboxylic acids is 1. The van der Waals surface area contributed by atoms with Crippen LogP contribution in [0.3, 0.4) is 0 Å². The van der Waals surface area contributed by atoms with Crippen molar-refractivity contribution in [2.75, 3.05) is 13.1 Å². The maximum absolute atomic E-state index is 12.0. The van der Waals surface area contributed by atoms with E-state index in [1.165, 1.54) is 0 Å². The van der Waals surface area contributed by atoms with E-state index in [2.05, 4.69) is 5.32 Å². The third-order valence-electron chi connectivity index (χ3n) is 4.96. The van der Waals surface area contributed by atoms with Crippen LogP contribution in [0.4, 0.5) is 0 Å². The van der Waals surface area contributed by atoms with Crippen molar-refractivity contribution in [2.45, 2.75) is 44.9 Å². The highest BCUT2D eigenvalue weighted by molar-refractivity contribution is 5.90. The molecule has 18 heavy (non-hydrogen) atoms. The minimum absolute atomic E-state index is 0.423. The highest BCUT2D eigenvalue weighted by atomic mass is 16.4. The molecule has 2 fully saturated rings. The average Bonchev–Trinajstić information content (AvgIpc) is 2.40. The Balaban J connectivity index is 2.42. The van der Waals surface area contributed by atoms with E-state index < -0.39 is 22.7 Å². The highest BCUT2D eigenvalue weighted by Gasteiger charge is 2.59. The van der Waals surface area contributed by atoms with E-state index in [1.807, 2.05) is 0 Å². The van der Waals surface area contributed by atoms with Gasteiger partial charge in [-0.1, -0.05) is 19.3 Å². The van der Waals surface area contributed by atoms with Gasteiger partial charge in [-0.2, -0.15) is 0 Å². The summed E-state index contributed by atoms with van der Waals surface area (Å²) >= 11 is 0. The Morgan fingerprint density at radius 1 is 0.944 bits per heavy atom. The normalized spacial score (nSPS) is 26.4. The second-order valence-corrected chi connectivity index (χ2v) is 5.64. The van der Waals surface area contributed by atoms with Crippen molar-refractivity contribution in [1.29, 1.82) is 0 Å². The van der Waals surface area contributed by atoms with Crippen LogP contribution < -0.4 is 11.1 Å². The molecule has 1 saturated carbocycles. The number of aliphatic carboxylic acids is 1. The van der Waals surface area contributed by atoms with Gasteiger partial charge in [0.25, 0.3) is 0 Å². The van der Waals surface area contributed by atoms with E-state index in [0.717, 1.165) is 19.3 Å². The quantitative estimate of drug-likeness (QED) is 0.697. The fourth-order valence-electron chi connectivity index (χ4n) is 3.87. The van der Waals surface area contributed by atoms with Crippen LogP contribution in [0.1, 0.15) is 44.9 Å². The maximum atomic E-state index is 12.0. The Kier molecular flexibility index (Phi) is 3.61. The van der Waals surface area contributed by atoms with Crippen molar-refractivity contribution in [3.05, 3.63) is 0 Å². The fraction of sp³-hybridized carbons (Fsp3) is 0.846. The highest BCUT2D eigenvalue weighted by Crippen LogP contribution is 2.54. The average molecular weight is 254 g/mol. The van der Waals surface area contributed by atoms with E-state index in [4.69, 9.17) is 5.73 Å². The van der Waals surface area contributed by atoms with E-state index in [0.29, 0.717) is 38.8 Å². The largest absolute Gasteiger partial charge is 0.481 e. The first kappa shape index (κ1) is 13.3. The molecule has 1 aliphatic heterocycles. The van der Waals surface area contributed by atoms with Gasteiger partial charge in [0.05, 0.1) is 10.8 Å². The van der Waals surface area contributed by atoms with Crippen LogP contribution in [0.25, 0.3) is 0 Å². The molecule has 0 atom stereocenters. The minimum atomic E-state index is -0.931. The molecule has 5 heteroatoms. The zero-order chi connectivity index (χ0) is 13.2. The smallest absolute Gasteiger partial charge is 0.310 e. The van der Waals surface area contributed by atoms with Gasteiger partial charge in [0.1, 0.15) is 0 Å². The number of carboxylic acid groups (broad SMARTS) is 1. The van der Waals surface area contributed by atoms with Gasteiger partial charge in [-0.25, -0.2) is 0 Å². The molecule has 0 bridgehead atoms. The molecule has 1 aliphatic carbocycles. The lowest BCUT2D eigenvalue weighted by atomic mass is 9.53. The first-order chi connectivity index (χ1) is 8.55. The minimum Gasteiger partial charge on any atom is -0.481 e. The van der Waals surface area contributed by atoms with Crippen LogP contribution in [-0.2, 0) is 9.59 Å². The molecule has 102 valence electrons. The number of nitrogens with one attached hydrogen (secondary N) is 1. The summed E-state index contributed by atoms with van der Waals surface area (Å²) in [5, 5.41) is 12.9. The summed E-state index contributed by atoms with van der Waals surface area (Å²) in [5.74, 6) is -1.25. The van der Waals surface area contributed by atoms with Crippen LogP contribution in [0.5, 0.6) is 0 Å². The molecule has 0 unspecified atom stereocenters. The van der Waals surface area contributed by atoms with Crippen LogP contribution in [-0.4, -0.2) is 30.1 Å². The van der Waals surface area contributed by atoms with E-state index >= 15 is 0 Å². The lowest BCUT2D eigenvalue weighted by molar-refractivity contribution is -0.171. The molecule has 4 N–H and O–H groups in total. The van der Waals surface area contributed by atoms with Gasteiger partial charge in [-0.3, -0.25) is 9.59 Å². The monoisotopic (exact) mass is 254 g/mol. The predicted octanol–water partition coefficient (Wildman–Crippen LogP) is 0.877. The van der Waals surface area contributed by atoms with Gasteiger partial charge in [0.15, 0.2) is 0 Å². The predicted molar refractivity (Wildman–Crippen MR) is 66.9 cm³/mol. The summed E-state index contributed by atoms with van der Waals surface area (Å²) in [6, 6.07) is 0. The number of piperidine rings is 1. The Morgan fingerprint density at radius 2 is 1.50 bits per heavy atom. The Morgan fingerprint density at radius 3 is 1.94 bits per heavy atom. The Hall–Kier alpha value is -1.10. The van der Waals surface area contributed by atoms with Crippen molar-refractivity contribution in [3.63, 3.8) is 0 Å². The SMILES string of the molecule is NC(=O)C1(C2(C(=O)O)CCCCC2)CCNCC1. The Labute approximate surface area is 107 Å². The lowest BCUT2D eigenvalue weighted by Crippen LogP contribution is -2.59. The fourth-order valence-corrected chi connectivity index (χ4v) is 3.87. The number of nitrogens with two attached hydrogens (primary N) is 1. The molecule has 1 heterocycles. The van der Waals surface area contributed by atoms with Crippen molar-refractivity contribution < 1.29 is 14.7 Å². The molecule has 2 aliphatic rings. The molecule has 0 aromatic rings. The van der Waals surface area contributed by atoms with Crippen molar-refractivity contribution >= 4 is 11.9 Å². The summed E-state index contributed by atoms with van der Waals surface area (Å²) in [5.41, 5.74) is 3.84. The summed E-state index contributed by atoms with van der Waals surface area (Å²) in [4.78, 5) is 23.9. The third kappa shape index (κ3) is 1.81. The summed E-state index contributed by atoms with van der Waals surface area (Å²) in [6.45, 7) is 1.36. The summed E-state index contributed by atoms with van der Waals surface area (Å²) < 4.78 is 0. The number of rotatable bonds is 3. The molecule has 0 spiro atoms. The van der Waals surface area contributed by atoms with Crippen LogP contribution in [0.2, 0.25) is 0 Å². The molecule has 0 radical (unpaired) electrons. The van der Waals surface area contributed by atoms with Crippen molar-refractivity contribution in [3.8, 4) is 0 Å². The first-order valence-corrected chi connectivity index (χ1v) is 6.79. The molecule has 5 nitrogen and oxygen atoms in total. The van der Waals surface area contributed by atoms with E-state index in [-0.39, 0.29) is 0 Å². The summed E-state index contributed by atoms with van der Waals surface area (Å²) in [7, 11) is 0. The first-order valence-electron chi connectivity index (χ1n) is 6.79. The number of primary amides is 1. The van der Waals surface area contributed by atoms with Crippen LogP contribution in [0.15, 0.2) is 0 Å².